The number of ether oxygens (including phenoxy) is 1. The first-order chi connectivity index (χ1) is 13.2. The van der Waals surface area contributed by atoms with Gasteiger partial charge >= 0.3 is 19.2 Å². The van der Waals surface area contributed by atoms with Gasteiger partial charge in [0.15, 0.2) is 0 Å². The lowest BCUT2D eigenvalue weighted by molar-refractivity contribution is -0.149. The second kappa shape index (κ2) is 8.43. The van der Waals surface area contributed by atoms with Crippen molar-refractivity contribution in [2.75, 3.05) is 34.3 Å². The van der Waals surface area contributed by atoms with Crippen molar-refractivity contribution in [3.05, 3.63) is 0 Å². The summed E-state index contributed by atoms with van der Waals surface area (Å²) in [4.78, 5) is 27.7. The van der Waals surface area contributed by atoms with Crippen molar-refractivity contribution >= 4 is 19.2 Å². The maximum atomic E-state index is 12.6. The normalized spacial score (nSPS) is 30.8. The lowest BCUT2D eigenvalue weighted by Gasteiger charge is -2.36. The quantitative estimate of drug-likeness (QED) is 0.508. The SMILES string of the molecule is COC(=O)C1N(C(=O)O)CC(CN(C)C)C1(C)CCCB1OC(C)(C)C(C)(C)O1. The van der Waals surface area contributed by atoms with Crippen LogP contribution in [0.25, 0.3) is 0 Å². The van der Waals surface area contributed by atoms with E-state index in [4.69, 9.17) is 14.0 Å². The molecule has 3 atom stereocenters. The molecule has 8 nitrogen and oxygen atoms in total. The van der Waals surface area contributed by atoms with Crippen LogP contribution in [0, 0.1) is 11.3 Å². The van der Waals surface area contributed by atoms with Gasteiger partial charge in [-0.3, -0.25) is 4.90 Å². The molecule has 2 rings (SSSR count). The van der Waals surface area contributed by atoms with Crippen molar-refractivity contribution in [2.45, 2.75) is 71.0 Å². The number of methoxy groups -OCH3 is 1. The summed E-state index contributed by atoms with van der Waals surface area (Å²) in [6, 6.07) is -0.812. The smallest absolute Gasteiger partial charge is 0.457 e. The highest BCUT2D eigenvalue weighted by Gasteiger charge is 2.57. The van der Waals surface area contributed by atoms with E-state index in [-0.39, 0.29) is 24.2 Å². The number of esters is 1. The molecular weight excluding hydrogens is 375 g/mol. The molecule has 0 bridgehead atoms. The van der Waals surface area contributed by atoms with Gasteiger partial charge in [-0.1, -0.05) is 13.3 Å². The Morgan fingerprint density at radius 3 is 2.17 bits per heavy atom. The van der Waals surface area contributed by atoms with Gasteiger partial charge in [0.05, 0.1) is 18.3 Å². The Morgan fingerprint density at radius 1 is 1.17 bits per heavy atom. The molecule has 0 saturated carbocycles. The standard InChI is InChI=1S/C20H37BN2O6/c1-18(2)19(3,4)29-21(28-18)11-9-10-20(5)14(12-22(6)7)13-23(17(25)26)15(20)16(24)27-8/h14-15H,9-13H2,1-8H3,(H,25,26). The van der Waals surface area contributed by atoms with Crippen molar-refractivity contribution in [2.24, 2.45) is 11.3 Å². The van der Waals surface area contributed by atoms with Gasteiger partial charge in [-0.25, -0.2) is 9.59 Å². The van der Waals surface area contributed by atoms with E-state index in [1.54, 1.807) is 0 Å². The molecule has 9 heteroatoms. The van der Waals surface area contributed by atoms with Gasteiger partial charge in [0, 0.05) is 18.5 Å². The molecule has 0 aromatic carbocycles. The van der Waals surface area contributed by atoms with Gasteiger partial charge in [-0.05, 0) is 60.4 Å². The zero-order valence-electron chi connectivity index (χ0n) is 19.2. The predicted octanol–water partition coefficient (Wildman–Crippen LogP) is 2.58. The van der Waals surface area contributed by atoms with Crippen molar-refractivity contribution < 1.29 is 28.7 Å². The number of carbonyl (C=O) groups is 2. The number of rotatable bonds is 7. The molecule has 0 radical (unpaired) electrons. The number of nitrogens with zero attached hydrogens (tertiary/aromatic N) is 2. The Balaban J connectivity index is 2.16. The monoisotopic (exact) mass is 412 g/mol. The van der Waals surface area contributed by atoms with E-state index in [1.807, 2.05) is 53.6 Å². The maximum absolute atomic E-state index is 12.6. The zero-order valence-corrected chi connectivity index (χ0v) is 19.2. The molecule has 0 aliphatic carbocycles. The third-order valence-corrected chi connectivity index (χ3v) is 7.00. The maximum Gasteiger partial charge on any atom is 0.457 e. The molecule has 2 aliphatic rings. The summed E-state index contributed by atoms with van der Waals surface area (Å²) < 4.78 is 17.2. The van der Waals surface area contributed by atoms with E-state index in [9.17, 15) is 14.7 Å². The molecule has 0 aromatic heterocycles. The van der Waals surface area contributed by atoms with Crippen LogP contribution in [-0.4, -0.2) is 85.6 Å². The number of carbonyl (C=O) groups excluding carboxylic acids is 1. The first-order valence-electron chi connectivity index (χ1n) is 10.3. The highest BCUT2D eigenvalue weighted by molar-refractivity contribution is 6.45. The second-order valence-corrected chi connectivity index (χ2v) is 9.90. The van der Waals surface area contributed by atoms with Gasteiger partial charge in [-0.2, -0.15) is 0 Å². The second-order valence-electron chi connectivity index (χ2n) is 9.90. The van der Waals surface area contributed by atoms with E-state index < -0.39 is 23.5 Å². The zero-order chi connectivity index (χ0) is 22.2. The van der Waals surface area contributed by atoms with Crippen LogP contribution in [0.5, 0.6) is 0 Å². The molecular formula is C20H37BN2O6. The minimum absolute atomic E-state index is 0.0241. The van der Waals surface area contributed by atoms with Crippen molar-refractivity contribution in [3.8, 4) is 0 Å². The molecule has 2 aliphatic heterocycles. The summed E-state index contributed by atoms with van der Waals surface area (Å²) in [6.45, 7) is 11.1. The van der Waals surface area contributed by atoms with Gasteiger partial charge < -0.3 is 24.1 Å². The van der Waals surface area contributed by atoms with Crippen LogP contribution < -0.4 is 0 Å². The molecule has 3 unspecified atom stereocenters. The number of hydrogen-bond donors (Lipinski definition) is 1. The fraction of sp³-hybridized carbons (Fsp3) is 0.900. The third kappa shape index (κ3) is 4.72. The summed E-state index contributed by atoms with van der Waals surface area (Å²) in [6.07, 6.45) is 1.05. The summed E-state index contributed by atoms with van der Waals surface area (Å²) in [5, 5.41) is 9.69. The molecule has 166 valence electrons. The Hall–Kier alpha value is -1.32. The number of likely N-dealkylation sites (tertiary alicyclic amines) is 1. The van der Waals surface area contributed by atoms with Crippen LogP contribution >= 0.6 is 0 Å². The van der Waals surface area contributed by atoms with Crippen LogP contribution in [0.15, 0.2) is 0 Å². The van der Waals surface area contributed by atoms with Gasteiger partial charge in [0.25, 0.3) is 0 Å². The molecule has 2 fully saturated rings. The van der Waals surface area contributed by atoms with Crippen LogP contribution in [0.2, 0.25) is 6.32 Å². The van der Waals surface area contributed by atoms with Gasteiger partial charge in [-0.15, -0.1) is 0 Å². The lowest BCUT2D eigenvalue weighted by atomic mass is 9.69. The minimum atomic E-state index is -1.08. The number of carboxylic acid groups (broad SMARTS) is 1. The van der Waals surface area contributed by atoms with Crippen LogP contribution in [0.1, 0.15) is 47.5 Å². The van der Waals surface area contributed by atoms with Crippen molar-refractivity contribution in [3.63, 3.8) is 0 Å². The van der Waals surface area contributed by atoms with E-state index in [1.165, 1.54) is 12.0 Å². The largest absolute Gasteiger partial charge is 0.467 e. The summed E-state index contributed by atoms with van der Waals surface area (Å²) in [5.74, 6) is -0.470. The Bertz CT molecular complexity index is 610. The molecule has 1 N–H and O–H groups in total. The Labute approximate surface area is 175 Å². The molecule has 2 saturated heterocycles. The fourth-order valence-corrected chi connectivity index (χ4v) is 4.61. The highest BCUT2D eigenvalue weighted by Crippen LogP contribution is 2.47. The summed E-state index contributed by atoms with van der Waals surface area (Å²) >= 11 is 0. The average molecular weight is 412 g/mol. The number of amides is 1. The molecule has 0 spiro atoms. The van der Waals surface area contributed by atoms with E-state index in [0.717, 1.165) is 6.42 Å². The summed E-state index contributed by atoms with van der Waals surface area (Å²) in [7, 11) is 4.93. The molecule has 2 heterocycles. The van der Waals surface area contributed by atoms with E-state index in [2.05, 4.69) is 0 Å². The molecule has 29 heavy (non-hydrogen) atoms. The van der Waals surface area contributed by atoms with Crippen molar-refractivity contribution in [1.82, 2.24) is 9.80 Å². The van der Waals surface area contributed by atoms with Crippen molar-refractivity contribution in [1.29, 1.82) is 0 Å². The third-order valence-electron chi connectivity index (χ3n) is 7.00. The van der Waals surface area contributed by atoms with Gasteiger partial charge in [0.2, 0.25) is 0 Å². The van der Waals surface area contributed by atoms with Crippen LogP contribution in [0.4, 0.5) is 4.79 Å². The molecule has 0 aromatic rings. The number of hydrogen-bond acceptors (Lipinski definition) is 6. The first kappa shape index (κ1) is 24.0. The topological polar surface area (TPSA) is 88.5 Å². The van der Waals surface area contributed by atoms with Gasteiger partial charge in [0.1, 0.15) is 6.04 Å². The van der Waals surface area contributed by atoms with Crippen LogP contribution in [-0.2, 0) is 18.8 Å². The summed E-state index contributed by atoms with van der Waals surface area (Å²) in [5.41, 5.74) is -1.28. The highest BCUT2D eigenvalue weighted by atomic mass is 16.7. The average Bonchev–Trinajstić information content (AvgIpc) is 2.96. The van der Waals surface area contributed by atoms with E-state index in [0.29, 0.717) is 25.8 Å². The lowest BCUT2D eigenvalue weighted by Crippen LogP contribution is -2.48. The fourth-order valence-electron chi connectivity index (χ4n) is 4.61. The molecule has 1 amide bonds. The van der Waals surface area contributed by atoms with E-state index >= 15 is 0 Å². The predicted molar refractivity (Wildman–Crippen MR) is 111 cm³/mol. The van der Waals surface area contributed by atoms with Crippen LogP contribution in [0.3, 0.4) is 0 Å². The Morgan fingerprint density at radius 2 is 1.72 bits per heavy atom. The first-order valence-corrected chi connectivity index (χ1v) is 10.3. The Kier molecular flexibility index (Phi) is 6.97. The minimum Gasteiger partial charge on any atom is -0.467 e.